The fourth-order valence-electron chi connectivity index (χ4n) is 3.56. The van der Waals surface area contributed by atoms with Gasteiger partial charge >= 0.3 is 6.18 Å². The number of anilines is 2. The van der Waals surface area contributed by atoms with Gasteiger partial charge in [-0.1, -0.05) is 19.1 Å². The van der Waals surface area contributed by atoms with Crippen LogP contribution in [-0.4, -0.2) is 37.8 Å². The Bertz CT molecular complexity index is 950. The highest BCUT2D eigenvalue weighted by atomic mass is 19.4. The van der Waals surface area contributed by atoms with Crippen LogP contribution in [0.3, 0.4) is 0 Å². The van der Waals surface area contributed by atoms with Gasteiger partial charge in [-0.2, -0.15) is 17.7 Å². The molecule has 1 aliphatic rings. The molecule has 1 saturated heterocycles. The maximum Gasteiger partial charge on any atom is 0.453 e. The monoisotopic (exact) mass is 390 g/mol. The van der Waals surface area contributed by atoms with E-state index in [1.165, 1.54) is 24.5 Å². The number of nitrogens with one attached hydrogen (secondary N) is 1. The third kappa shape index (κ3) is 4.09. The standard InChI is InChI=1S/C19H21F3N6/c1-13-3-2-10-27(11-13)12-14-4-6-15(7-5-14)23-16-8-9-17-24-25-18(19(20,21)22)28(17)26-16/h4-9,13H,2-3,10-12H2,1H3,(H,23,26)/t13-/m0/s1. The molecule has 0 aliphatic carbocycles. The summed E-state index contributed by atoms with van der Waals surface area (Å²) in [5.41, 5.74) is 2.01. The summed E-state index contributed by atoms with van der Waals surface area (Å²) in [5, 5.41) is 13.7. The molecule has 2 aromatic heterocycles. The van der Waals surface area contributed by atoms with Crippen molar-refractivity contribution in [2.75, 3.05) is 18.4 Å². The smallest absolute Gasteiger partial charge is 0.339 e. The lowest BCUT2D eigenvalue weighted by Crippen LogP contribution is -2.33. The second kappa shape index (κ2) is 7.38. The van der Waals surface area contributed by atoms with E-state index >= 15 is 0 Å². The second-order valence-electron chi connectivity index (χ2n) is 7.31. The minimum absolute atomic E-state index is 0.0454. The van der Waals surface area contributed by atoms with Crippen molar-refractivity contribution in [1.82, 2.24) is 24.7 Å². The topological polar surface area (TPSA) is 58.3 Å². The number of hydrogen-bond donors (Lipinski definition) is 1. The number of rotatable bonds is 4. The summed E-state index contributed by atoms with van der Waals surface area (Å²) in [6.07, 6.45) is -2.09. The van der Waals surface area contributed by atoms with Gasteiger partial charge in [0.2, 0.25) is 0 Å². The normalized spacial score (nSPS) is 18.5. The van der Waals surface area contributed by atoms with Gasteiger partial charge in [0.1, 0.15) is 0 Å². The Labute approximate surface area is 160 Å². The first kappa shape index (κ1) is 18.7. The van der Waals surface area contributed by atoms with Crippen LogP contribution in [0.5, 0.6) is 0 Å². The minimum Gasteiger partial charge on any atom is -0.339 e. The number of piperidine rings is 1. The fraction of sp³-hybridized carbons (Fsp3) is 0.421. The molecule has 3 heterocycles. The van der Waals surface area contributed by atoms with Gasteiger partial charge in [0.25, 0.3) is 5.82 Å². The molecule has 4 rings (SSSR count). The number of alkyl halides is 3. The summed E-state index contributed by atoms with van der Waals surface area (Å²) in [6.45, 7) is 5.42. The summed E-state index contributed by atoms with van der Waals surface area (Å²) in [7, 11) is 0. The first-order chi connectivity index (χ1) is 13.4. The van der Waals surface area contributed by atoms with Gasteiger partial charge in [0.05, 0.1) is 0 Å². The van der Waals surface area contributed by atoms with Crippen LogP contribution in [0.2, 0.25) is 0 Å². The molecule has 1 aromatic carbocycles. The summed E-state index contributed by atoms with van der Waals surface area (Å²) < 4.78 is 39.7. The lowest BCUT2D eigenvalue weighted by molar-refractivity contribution is -0.146. The van der Waals surface area contributed by atoms with Crippen molar-refractivity contribution in [1.29, 1.82) is 0 Å². The molecule has 1 N–H and O–H groups in total. The van der Waals surface area contributed by atoms with Crippen molar-refractivity contribution >= 4 is 17.2 Å². The fourth-order valence-corrected chi connectivity index (χ4v) is 3.56. The average Bonchev–Trinajstić information content (AvgIpc) is 3.07. The number of nitrogens with zero attached hydrogens (tertiary/aromatic N) is 5. The molecule has 1 fully saturated rings. The quantitative estimate of drug-likeness (QED) is 0.726. The Morgan fingerprint density at radius 1 is 1.11 bits per heavy atom. The molecule has 148 valence electrons. The van der Waals surface area contributed by atoms with Gasteiger partial charge < -0.3 is 5.32 Å². The van der Waals surface area contributed by atoms with E-state index < -0.39 is 12.0 Å². The Balaban J connectivity index is 1.47. The minimum atomic E-state index is -4.61. The number of halogens is 3. The van der Waals surface area contributed by atoms with Crippen molar-refractivity contribution in [2.45, 2.75) is 32.5 Å². The van der Waals surface area contributed by atoms with Gasteiger partial charge in [-0.15, -0.1) is 15.3 Å². The number of aromatic nitrogens is 4. The van der Waals surface area contributed by atoms with Crippen molar-refractivity contribution in [2.24, 2.45) is 5.92 Å². The highest BCUT2D eigenvalue weighted by molar-refractivity contribution is 5.57. The van der Waals surface area contributed by atoms with E-state index in [1.807, 2.05) is 24.3 Å². The SMILES string of the molecule is C[C@H]1CCCN(Cc2ccc(Nc3ccc4nnc(C(F)(F)F)n4n3)cc2)C1. The largest absolute Gasteiger partial charge is 0.453 e. The third-order valence-corrected chi connectivity index (χ3v) is 4.89. The molecule has 0 amide bonds. The van der Waals surface area contributed by atoms with Crippen molar-refractivity contribution < 1.29 is 13.2 Å². The molecular weight excluding hydrogens is 369 g/mol. The number of hydrogen-bond acceptors (Lipinski definition) is 5. The number of benzene rings is 1. The van der Waals surface area contributed by atoms with Crippen LogP contribution in [0.15, 0.2) is 36.4 Å². The van der Waals surface area contributed by atoms with E-state index in [4.69, 9.17) is 0 Å². The van der Waals surface area contributed by atoms with Gasteiger partial charge in [-0.05, 0) is 55.1 Å². The van der Waals surface area contributed by atoms with Crippen LogP contribution in [-0.2, 0) is 12.7 Å². The molecule has 0 saturated carbocycles. The molecule has 0 unspecified atom stereocenters. The van der Waals surface area contributed by atoms with Crippen molar-refractivity contribution in [3.63, 3.8) is 0 Å². The Kier molecular flexibility index (Phi) is 4.92. The Hall–Kier alpha value is -2.68. The molecule has 6 nitrogen and oxygen atoms in total. The number of fused-ring (bicyclic) bond motifs is 1. The average molecular weight is 390 g/mol. The molecule has 3 aromatic rings. The predicted molar refractivity (Wildman–Crippen MR) is 99.2 cm³/mol. The van der Waals surface area contributed by atoms with Crippen LogP contribution in [0.25, 0.3) is 5.65 Å². The summed E-state index contributed by atoms with van der Waals surface area (Å²) in [6, 6.07) is 10.9. The zero-order valence-electron chi connectivity index (χ0n) is 15.4. The zero-order valence-corrected chi connectivity index (χ0v) is 15.4. The van der Waals surface area contributed by atoms with Crippen LogP contribution in [0, 0.1) is 5.92 Å². The molecular formula is C19H21F3N6. The van der Waals surface area contributed by atoms with Gasteiger partial charge in [0, 0.05) is 18.8 Å². The molecule has 9 heteroatoms. The van der Waals surface area contributed by atoms with E-state index in [0.29, 0.717) is 4.52 Å². The maximum atomic E-state index is 13.0. The lowest BCUT2D eigenvalue weighted by Gasteiger charge is -2.30. The molecule has 0 spiro atoms. The van der Waals surface area contributed by atoms with E-state index in [2.05, 4.69) is 32.4 Å². The van der Waals surface area contributed by atoms with Gasteiger partial charge in [0.15, 0.2) is 11.5 Å². The summed E-state index contributed by atoms with van der Waals surface area (Å²) in [4.78, 5) is 2.46. The third-order valence-electron chi connectivity index (χ3n) is 4.89. The van der Waals surface area contributed by atoms with Gasteiger partial charge in [-0.3, -0.25) is 4.90 Å². The molecule has 1 atom stereocenters. The highest BCUT2D eigenvalue weighted by Gasteiger charge is 2.37. The van der Waals surface area contributed by atoms with Crippen molar-refractivity contribution in [3.05, 3.63) is 47.8 Å². The number of likely N-dealkylation sites (tertiary alicyclic amines) is 1. The van der Waals surface area contributed by atoms with Crippen LogP contribution in [0.1, 0.15) is 31.2 Å². The van der Waals surface area contributed by atoms with E-state index in [1.54, 1.807) is 6.07 Å². The van der Waals surface area contributed by atoms with Crippen LogP contribution < -0.4 is 5.32 Å². The molecule has 28 heavy (non-hydrogen) atoms. The molecule has 0 radical (unpaired) electrons. The van der Waals surface area contributed by atoms with Crippen LogP contribution in [0.4, 0.5) is 24.7 Å². The summed E-state index contributed by atoms with van der Waals surface area (Å²) >= 11 is 0. The molecule has 1 aliphatic heterocycles. The Morgan fingerprint density at radius 2 is 1.89 bits per heavy atom. The summed E-state index contributed by atoms with van der Waals surface area (Å²) in [5.74, 6) is -0.123. The van der Waals surface area contributed by atoms with E-state index in [-0.39, 0.29) is 11.5 Å². The highest BCUT2D eigenvalue weighted by Crippen LogP contribution is 2.28. The first-order valence-electron chi connectivity index (χ1n) is 9.26. The van der Waals surface area contributed by atoms with E-state index in [9.17, 15) is 13.2 Å². The van der Waals surface area contributed by atoms with Gasteiger partial charge in [-0.25, -0.2) is 0 Å². The lowest BCUT2D eigenvalue weighted by atomic mass is 10.00. The Morgan fingerprint density at radius 3 is 2.61 bits per heavy atom. The maximum absolute atomic E-state index is 13.0. The first-order valence-corrected chi connectivity index (χ1v) is 9.26. The van der Waals surface area contributed by atoms with E-state index in [0.717, 1.165) is 31.2 Å². The zero-order chi connectivity index (χ0) is 19.7. The van der Waals surface area contributed by atoms with Crippen LogP contribution >= 0.6 is 0 Å². The molecule has 0 bridgehead atoms. The second-order valence-corrected chi connectivity index (χ2v) is 7.31. The predicted octanol–water partition coefficient (Wildman–Crippen LogP) is 4.12. The van der Waals surface area contributed by atoms with Crippen molar-refractivity contribution in [3.8, 4) is 0 Å².